The number of carbonyl (C=O) groups excluding carboxylic acids is 1. The summed E-state index contributed by atoms with van der Waals surface area (Å²) in [5.74, 6) is -0.593. The molecule has 0 saturated carbocycles. The standard InChI is InChI=1S/C10H11ClO4S/c1-6-4-8(10(12)15-3)5-9(7(6)2)16(11,13)14/h4-5H,1-3H3. The molecule has 0 aliphatic rings. The molecule has 0 bridgehead atoms. The lowest BCUT2D eigenvalue weighted by molar-refractivity contribution is 0.0600. The number of benzene rings is 1. The number of halogens is 1. The monoisotopic (exact) mass is 262 g/mol. The Balaban J connectivity index is 3.52. The van der Waals surface area contributed by atoms with Crippen LogP contribution >= 0.6 is 10.7 Å². The third-order valence-electron chi connectivity index (χ3n) is 2.30. The Morgan fingerprint density at radius 3 is 2.31 bits per heavy atom. The van der Waals surface area contributed by atoms with E-state index in [0.29, 0.717) is 11.1 Å². The Morgan fingerprint density at radius 1 is 1.31 bits per heavy atom. The van der Waals surface area contributed by atoms with E-state index in [9.17, 15) is 13.2 Å². The number of esters is 1. The van der Waals surface area contributed by atoms with E-state index < -0.39 is 15.0 Å². The molecule has 1 rings (SSSR count). The fourth-order valence-corrected chi connectivity index (χ4v) is 2.59. The van der Waals surface area contributed by atoms with Crippen LogP contribution in [0.15, 0.2) is 17.0 Å². The van der Waals surface area contributed by atoms with Gasteiger partial charge < -0.3 is 4.74 Å². The largest absolute Gasteiger partial charge is 0.465 e. The highest BCUT2D eigenvalue weighted by molar-refractivity contribution is 8.13. The minimum absolute atomic E-state index is 0.0606. The molecule has 0 radical (unpaired) electrons. The van der Waals surface area contributed by atoms with Crippen LogP contribution in [-0.2, 0) is 13.8 Å². The molecule has 1 aromatic carbocycles. The SMILES string of the molecule is COC(=O)c1cc(C)c(C)c(S(=O)(=O)Cl)c1. The fraction of sp³-hybridized carbons (Fsp3) is 0.300. The quantitative estimate of drug-likeness (QED) is 0.604. The van der Waals surface area contributed by atoms with Crippen molar-refractivity contribution in [3.05, 3.63) is 28.8 Å². The second-order valence-corrected chi connectivity index (χ2v) is 5.88. The third-order valence-corrected chi connectivity index (χ3v) is 3.75. The van der Waals surface area contributed by atoms with Gasteiger partial charge in [-0.25, -0.2) is 13.2 Å². The van der Waals surface area contributed by atoms with Gasteiger partial charge in [0.15, 0.2) is 0 Å². The lowest BCUT2D eigenvalue weighted by Crippen LogP contribution is -2.05. The minimum atomic E-state index is -3.86. The van der Waals surface area contributed by atoms with Crippen molar-refractivity contribution >= 4 is 25.7 Å². The Labute approximate surface area is 98.6 Å². The molecule has 16 heavy (non-hydrogen) atoms. The van der Waals surface area contributed by atoms with E-state index in [1.807, 2.05) is 0 Å². The molecule has 0 N–H and O–H groups in total. The van der Waals surface area contributed by atoms with Gasteiger partial charge in [-0.05, 0) is 37.1 Å². The smallest absolute Gasteiger partial charge is 0.337 e. The first kappa shape index (κ1) is 13.0. The van der Waals surface area contributed by atoms with Gasteiger partial charge in [0.2, 0.25) is 0 Å². The van der Waals surface area contributed by atoms with Crippen LogP contribution in [0.5, 0.6) is 0 Å². The van der Waals surface area contributed by atoms with Gasteiger partial charge in [-0.1, -0.05) is 0 Å². The highest BCUT2D eigenvalue weighted by atomic mass is 35.7. The summed E-state index contributed by atoms with van der Waals surface area (Å²) in [5, 5.41) is 0. The van der Waals surface area contributed by atoms with Crippen LogP contribution in [0.1, 0.15) is 21.5 Å². The number of ether oxygens (including phenoxy) is 1. The van der Waals surface area contributed by atoms with Crippen LogP contribution in [0.3, 0.4) is 0 Å². The second kappa shape index (κ2) is 4.43. The molecule has 0 fully saturated rings. The Morgan fingerprint density at radius 2 is 1.88 bits per heavy atom. The van der Waals surface area contributed by atoms with Gasteiger partial charge in [-0.2, -0.15) is 0 Å². The number of rotatable bonds is 2. The summed E-state index contributed by atoms with van der Waals surface area (Å²) in [6.07, 6.45) is 0. The van der Waals surface area contributed by atoms with Crippen molar-refractivity contribution in [1.82, 2.24) is 0 Å². The maximum absolute atomic E-state index is 11.3. The summed E-state index contributed by atoms with van der Waals surface area (Å²) in [6.45, 7) is 3.33. The molecule has 88 valence electrons. The molecule has 0 aromatic heterocycles. The molecule has 4 nitrogen and oxygen atoms in total. The van der Waals surface area contributed by atoms with Crippen LogP contribution in [0, 0.1) is 13.8 Å². The fourth-order valence-electron chi connectivity index (χ4n) is 1.32. The number of carbonyl (C=O) groups is 1. The van der Waals surface area contributed by atoms with E-state index in [1.54, 1.807) is 19.9 Å². The summed E-state index contributed by atoms with van der Waals surface area (Å²) >= 11 is 0. The maximum Gasteiger partial charge on any atom is 0.337 e. The molecule has 0 spiro atoms. The first-order valence-electron chi connectivity index (χ1n) is 4.41. The van der Waals surface area contributed by atoms with Crippen molar-refractivity contribution in [3.8, 4) is 0 Å². The summed E-state index contributed by atoms with van der Waals surface area (Å²) in [5.41, 5.74) is 1.37. The molecule has 1 aromatic rings. The topological polar surface area (TPSA) is 60.4 Å². The second-order valence-electron chi connectivity index (χ2n) is 3.35. The molecule has 0 aliphatic carbocycles. The number of aryl methyl sites for hydroxylation is 1. The summed E-state index contributed by atoms with van der Waals surface area (Å²) in [4.78, 5) is 11.2. The predicted octanol–water partition coefficient (Wildman–Crippen LogP) is 2.02. The highest BCUT2D eigenvalue weighted by Gasteiger charge is 2.18. The van der Waals surface area contributed by atoms with Crippen molar-refractivity contribution in [1.29, 1.82) is 0 Å². The van der Waals surface area contributed by atoms with Crippen molar-refractivity contribution in [2.45, 2.75) is 18.7 Å². The lowest BCUT2D eigenvalue weighted by Gasteiger charge is -2.08. The Kier molecular flexibility index (Phi) is 3.60. The predicted molar refractivity (Wildman–Crippen MR) is 60.3 cm³/mol. The van der Waals surface area contributed by atoms with Crippen molar-refractivity contribution in [2.75, 3.05) is 7.11 Å². The van der Waals surface area contributed by atoms with E-state index in [0.717, 1.165) is 0 Å². The molecular formula is C10H11ClO4S. The van der Waals surface area contributed by atoms with Gasteiger partial charge in [0, 0.05) is 10.7 Å². The molecule has 6 heteroatoms. The number of hydrogen-bond acceptors (Lipinski definition) is 4. The zero-order chi connectivity index (χ0) is 12.5. The van der Waals surface area contributed by atoms with E-state index in [4.69, 9.17) is 10.7 Å². The Hall–Kier alpha value is -1.07. The van der Waals surface area contributed by atoms with Gasteiger partial charge in [-0.15, -0.1) is 0 Å². The minimum Gasteiger partial charge on any atom is -0.465 e. The van der Waals surface area contributed by atoms with E-state index >= 15 is 0 Å². The van der Waals surface area contributed by atoms with Crippen LogP contribution in [0.25, 0.3) is 0 Å². The van der Waals surface area contributed by atoms with Gasteiger partial charge in [-0.3, -0.25) is 0 Å². The normalized spacial score (nSPS) is 11.2. The van der Waals surface area contributed by atoms with E-state index in [2.05, 4.69) is 4.74 Å². The Bertz CT molecular complexity index is 534. The molecule has 0 unspecified atom stereocenters. The summed E-state index contributed by atoms with van der Waals surface area (Å²) in [6, 6.07) is 2.78. The molecule has 0 heterocycles. The van der Waals surface area contributed by atoms with Gasteiger partial charge >= 0.3 is 5.97 Å². The zero-order valence-corrected chi connectivity index (χ0v) is 10.6. The van der Waals surface area contributed by atoms with E-state index in [-0.39, 0.29) is 10.5 Å². The third kappa shape index (κ3) is 2.54. The average Bonchev–Trinajstić information content (AvgIpc) is 2.18. The van der Waals surface area contributed by atoms with Crippen LogP contribution < -0.4 is 0 Å². The van der Waals surface area contributed by atoms with Crippen molar-refractivity contribution < 1.29 is 17.9 Å². The molecular weight excluding hydrogens is 252 g/mol. The molecule has 0 atom stereocenters. The average molecular weight is 263 g/mol. The van der Waals surface area contributed by atoms with Gasteiger partial charge in [0.1, 0.15) is 0 Å². The van der Waals surface area contributed by atoms with E-state index in [1.165, 1.54) is 13.2 Å². The van der Waals surface area contributed by atoms with Crippen molar-refractivity contribution in [2.24, 2.45) is 0 Å². The molecule has 0 amide bonds. The first-order chi connectivity index (χ1) is 7.27. The first-order valence-corrected chi connectivity index (χ1v) is 6.72. The lowest BCUT2D eigenvalue weighted by atomic mass is 10.1. The molecule has 0 aliphatic heterocycles. The number of methoxy groups -OCH3 is 1. The molecule has 0 saturated heterocycles. The van der Waals surface area contributed by atoms with Crippen LogP contribution in [0.4, 0.5) is 0 Å². The number of hydrogen-bond donors (Lipinski definition) is 0. The summed E-state index contributed by atoms with van der Waals surface area (Å²) < 4.78 is 27.1. The van der Waals surface area contributed by atoms with Crippen LogP contribution in [-0.4, -0.2) is 21.5 Å². The van der Waals surface area contributed by atoms with Gasteiger partial charge in [0.25, 0.3) is 9.05 Å². The summed E-state index contributed by atoms with van der Waals surface area (Å²) in [7, 11) is 2.65. The van der Waals surface area contributed by atoms with Crippen molar-refractivity contribution in [3.63, 3.8) is 0 Å². The zero-order valence-electron chi connectivity index (χ0n) is 9.07. The van der Waals surface area contributed by atoms with Crippen LogP contribution in [0.2, 0.25) is 0 Å². The van der Waals surface area contributed by atoms with Gasteiger partial charge in [0.05, 0.1) is 17.6 Å². The highest BCUT2D eigenvalue weighted by Crippen LogP contribution is 2.24. The maximum atomic E-state index is 11.3.